The lowest BCUT2D eigenvalue weighted by Crippen LogP contribution is -2.16. The van der Waals surface area contributed by atoms with Crippen molar-refractivity contribution in [1.29, 1.82) is 0 Å². The maximum Gasteiger partial charge on any atom is 0.159 e. The van der Waals surface area contributed by atoms with Crippen LogP contribution in [0, 0.1) is 0 Å². The van der Waals surface area contributed by atoms with Crippen LogP contribution in [0.4, 0.5) is 23.0 Å². The Morgan fingerprint density at radius 2 is 1.68 bits per heavy atom. The Balaban J connectivity index is 2.17. The molecule has 2 rings (SSSR count). The smallest absolute Gasteiger partial charge is 0.159 e. The first kappa shape index (κ1) is 16.1. The summed E-state index contributed by atoms with van der Waals surface area (Å²) in [5.41, 5.74) is 8.97. The average molecular weight is 299 g/mol. The third-order valence-corrected chi connectivity index (χ3v) is 3.72. The van der Waals surface area contributed by atoms with Crippen LogP contribution in [-0.2, 0) is 0 Å². The van der Waals surface area contributed by atoms with Gasteiger partial charge in [-0.05, 0) is 37.0 Å². The van der Waals surface area contributed by atoms with E-state index in [1.807, 2.05) is 12.1 Å². The number of nitrogens with zero attached hydrogens (tertiary/aromatic N) is 2. The average Bonchev–Trinajstić information content (AvgIpc) is 2.51. The van der Waals surface area contributed by atoms with Crippen molar-refractivity contribution in [1.82, 2.24) is 9.97 Å². The molecule has 5 nitrogen and oxygen atoms in total. The predicted molar refractivity (Wildman–Crippen MR) is 93.6 cm³/mol. The van der Waals surface area contributed by atoms with Gasteiger partial charge in [-0.25, -0.2) is 9.97 Å². The van der Waals surface area contributed by atoms with Crippen LogP contribution >= 0.6 is 0 Å². The van der Waals surface area contributed by atoms with Crippen LogP contribution in [0.3, 0.4) is 0 Å². The number of hydrogen-bond acceptors (Lipinski definition) is 5. The summed E-state index contributed by atoms with van der Waals surface area (Å²) in [4.78, 5) is 8.46. The van der Waals surface area contributed by atoms with Crippen molar-refractivity contribution in [2.45, 2.75) is 46.1 Å². The number of rotatable bonds is 6. The fourth-order valence-electron chi connectivity index (χ4n) is 2.03. The number of nitrogens with two attached hydrogens (primary N) is 1. The molecule has 1 heterocycles. The van der Waals surface area contributed by atoms with Gasteiger partial charge in [0.2, 0.25) is 0 Å². The van der Waals surface area contributed by atoms with Crippen molar-refractivity contribution < 1.29 is 0 Å². The molecule has 1 atom stereocenters. The van der Waals surface area contributed by atoms with Gasteiger partial charge in [-0.3, -0.25) is 0 Å². The maximum absolute atomic E-state index is 6.16. The molecule has 0 aliphatic heterocycles. The van der Waals surface area contributed by atoms with Gasteiger partial charge in [0.15, 0.2) is 11.6 Å². The van der Waals surface area contributed by atoms with E-state index in [0.717, 1.165) is 12.1 Å². The highest BCUT2D eigenvalue weighted by atomic mass is 15.1. The molecule has 4 N–H and O–H groups in total. The molecule has 2 aromatic rings. The summed E-state index contributed by atoms with van der Waals surface area (Å²) in [6, 6.07) is 8.62. The summed E-state index contributed by atoms with van der Waals surface area (Å²) in [5, 5.41) is 6.55. The molecule has 0 amide bonds. The van der Waals surface area contributed by atoms with E-state index in [-0.39, 0.29) is 0 Å². The molecular weight excluding hydrogens is 274 g/mol. The van der Waals surface area contributed by atoms with Crippen molar-refractivity contribution in [3.63, 3.8) is 0 Å². The Morgan fingerprint density at radius 1 is 1.05 bits per heavy atom. The van der Waals surface area contributed by atoms with Crippen LogP contribution in [0.5, 0.6) is 0 Å². The summed E-state index contributed by atoms with van der Waals surface area (Å²) < 4.78 is 0. The van der Waals surface area contributed by atoms with E-state index in [2.05, 4.69) is 60.4 Å². The highest BCUT2D eigenvalue weighted by molar-refractivity contribution is 5.77. The van der Waals surface area contributed by atoms with Crippen molar-refractivity contribution in [2.24, 2.45) is 0 Å². The van der Waals surface area contributed by atoms with Crippen LogP contribution in [0.1, 0.15) is 45.6 Å². The zero-order valence-corrected chi connectivity index (χ0v) is 13.7. The van der Waals surface area contributed by atoms with Crippen molar-refractivity contribution in [2.75, 3.05) is 16.4 Å². The van der Waals surface area contributed by atoms with E-state index < -0.39 is 0 Å². The van der Waals surface area contributed by atoms with Crippen LogP contribution in [0.25, 0.3) is 0 Å². The molecule has 0 saturated heterocycles. The molecule has 5 heteroatoms. The largest absolute Gasteiger partial charge is 0.393 e. The molecule has 0 radical (unpaired) electrons. The first-order valence-electron chi connectivity index (χ1n) is 7.75. The molecule has 0 spiro atoms. The second-order valence-corrected chi connectivity index (χ2v) is 5.84. The van der Waals surface area contributed by atoms with Gasteiger partial charge in [-0.2, -0.15) is 0 Å². The molecule has 1 aromatic carbocycles. The molecule has 118 valence electrons. The van der Waals surface area contributed by atoms with Crippen molar-refractivity contribution in [3.05, 3.63) is 36.2 Å². The minimum absolute atomic E-state index is 0.315. The third-order valence-electron chi connectivity index (χ3n) is 3.72. The van der Waals surface area contributed by atoms with Gasteiger partial charge in [0.05, 0.1) is 0 Å². The summed E-state index contributed by atoms with van der Waals surface area (Å²) >= 11 is 0. The van der Waals surface area contributed by atoms with Gasteiger partial charge < -0.3 is 16.4 Å². The topological polar surface area (TPSA) is 75.9 Å². The van der Waals surface area contributed by atoms with Crippen LogP contribution in [-0.4, -0.2) is 16.0 Å². The van der Waals surface area contributed by atoms with Gasteiger partial charge in [0.1, 0.15) is 12.0 Å². The Bertz CT molecular complexity index is 607. The number of nitrogens with one attached hydrogen (secondary N) is 2. The van der Waals surface area contributed by atoms with Crippen molar-refractivity contribution >= 4 is 23.0 Å². The molecule has 0 bridgehead atoms. The summed E-state index contributed by atoms with van der Waals surface area (Å²) in [5.74, 6) is 1.81. The Kier molecular flexibility index (Phi) is 5.20. The van der Waals surface area contributed by atoms with E-state index in [1.54, 1.807) is 0 Å². The van der Waals surface area contributed by atoms with E-state index in [0.29, 0.717) is 29.3 Å². The van der Waals surface area contributed by atoms with Gasteiger partial charge in [-0.1, -0.05) is 32.9 Å². The molecule has 0 fully saturated rings. The molecule has 0 saturated carbocycles. The number of anilines is 4. The Hall–Kier alpha value is -2.30. The van der Waals surface area contributed by atoms with Crippen LogP contribution < -0.4 is 16.4 Å². The van der Waals surface area contributed by atoms with Crippen LogP contribution in [0.15, 0.2) is 30.6 Å². The van der Waals surface area contributed by atoms with Gasteiger partial charge >= 0.3 is 0 Å². The first-order valence-corrected chi connectivity index (χ1v) is 7.75. The quantitative estimate of drug-likeness (QED) is 0.747. The first-order chi connectivity index (χ1) is 10.5. The molecule has 0 aliphatic rings. The number of aromatic nitrogens is 2. The fourth-order valence-corrected chi connectivity index (χ4v) is 2.03. The molecule has 1 unspecified atom stereocenters. The highest BCUT2D eigenvalue weighted by Gasteiger charge is 2.10. The van der Waals surface area contributed by atoms with Gasteiger partial charge in [0.25, 0.3) is 0 Å². The lowest BCUT2D eigenvalue weighted by atomic mass is 10.0. The number of benzene rings is 1. The number of nitrogen functional groups attached to an aromatic ring is 1. The van der Waals surface area contributed by atoms with E-state index in [4.69, 9.17) is 5.73 Å². The van der Waals surface area contributed by atoms with Gasteiger partial charge in [-0.15, -0.1) is 0 Å². The third kappa shape index (κ3) is 3.87. The standard InChI is InChI=1S/C17H25N5/c1-5-12(4)21-16-15(18)17(20-10-19-16)22-14-8-6-13(7-9-14)11(2)3/h6-12H,5,18H2,1-4H3,(H2,19,20,21,22). The zero-order valence-electron chi connectivity index (χ0n) is 13.7. The van der Waals surface area contributed by atoms with Gasteiger partial charge in [0, 0.05) is 11.7 Å². The lowest BCUT2D eigenvalue weighted by molar-refractivity contribution is 0.759. The lowest BCUT2D eigenvalue weighted by Gasteiger charge is -2.16. The van der Waals surface area contributed by atoms with Crippen LogP contribution in [0.2, 0.25) is 0 Å². The zero-order chi connectivity index (χ0) is 16.1. The predicted octanol–water partition coefficient (Wildman–Crippen LogP) is 4.14. The molecule has 1 aromatic heterocycles. The minimum atomic E-state index is 0.315. The summed E-state index contributed by atoms with van der Waals surface area (Å²) in [7, 11) is 0. The van der Waals surface area contributed by atoms with E-state index in [1.165, 1.54) is 11.9 Å². The highest BCUT2D eigenvalue weighted by Crippen LogP contribution is 2.27. The second kappa shape index (κ2) is 7.11. The minimum Gasteiger partial charge on any atom is -0.393 e. The molecule has 0 aliphatic carbocycles. The molecular formula is C17H25N5. The van der Waals surface area contributed by atoms with E-state index >= 15 is 0 Å². The monoisotopic (exact) mass is 299 g/mol. The summed E-state index contributed by atoms with van der Waals surface area (Å²) in [6.45, 7) is 8.57. The van der Waals surface area contributed by atoms with Crippen molar-refractivity contribution in [3.8, 4) is 0 Å². The fraction of sp³-hybridized carbons (Fsp3) is 0.412. The Labute approximate surface area is 132 Å². The maximum atomic E-state index is 6.16. The normalized spacial score (nSPS) is 12.2. The van der Waals surface area contributed by atoms with E-state index in [9.17, 15) is 0 Å². The Morgan fingerprint density at radius 3 is 2.27 bits per heavy atom. The summed E-state index contributed by atoms with van der Waals surface area (Å²) in [6.07, 6.45) is 2.52. The molecule has 22 heavy (non-hydrogen) atoms. The SMILES string of the molecule is CCC(C)Nc1ncnc(Nc2ccc(C(C)C)cc2)c1N. The number of hydrogen-bond donors (Lipinski definition) is 3. The second-order valence-electron chi connectivity index (χ2n) is 5.84.